The van der Waals surface area contributed by atoms with Gasteiger partial charge in [-0.05, 0) is 44.0 Å². The quantitative estimate of drug-likeness (QED) is 0.605. The molecule has 6 nitrogen and oxygen atoms in total. The normalized spacial score (nSPS) is 11.1. The van der Waals surface area contributed by atoms with E-state index in [2.05, 4.69) is 21.5 Å². The molecular formula is C21H21N5O. The van der Waals surface area contributed by atoms with Crippen molar-refractivity contribution in [2.75, 3.05) is 5.32 Å². The predicted molar refractivity (Wildman–Crippen MR) is 107 cm³/mol. The highest BCUT2D eigenvalue weighted by molar-refractivity contribution is 5.57. The smallest absolute Gasteiger partial charge is 0.325 e. The Balaban J connectivity index is 1.79. The highest BCUT2D eigenvalue weighted by atomic mass is 16.2. The van der Waals surface area contributed by atoms with E-state index in [-0.39, 0.29) is 5.69 Å². The lowest BCUT2D eigenvalue weighted by Crippen LogP contribution is -2.23. The number of hydrogen-bond acceptors (Lipinski definition) is 4. The Morgan fingerprint density at radius 3 is 2.44 bits per heavy atom. The molecule has 2 heterocycles. The van der Waals surface area contributed by atoms with Crippen LogP contribution in [0, 0.1) is 20.8 Å². The number of hydrogen-bond donors (Lipinski definition) is 1. The van der Waals surface area contributed by atoms with Crippen LogP contribution < -0.4 is 11.0 Å². The SMILES string of the molecule is Cc1cccc(Cn2nc3cc(C)nc(Nc4cccc(C)c4)n3c2=O)c1. The van der Waals surface area contributed by atoms with Crippen molar-refractivity contribution in [3.63, 3.8) is 0 Å². The second-order valence-corrected chi connectivity index (χ2v) is 6.84. The molecule has 0 bridgehead atoms. The summed E-state index contributed by atoms with van der Waals surface area (Å²) >= 11 is 0. The van der Waals surface area contributed by atoms with Crippen LogP contribution in [0.25, 0.3) is 5.65 Å². The maximum Gasteiger partial charge on any atom is 0.353 e. The van der Waals surface area contributed by atoms with Crippen LogP contribution in [-0.4, -0.2) is 19.2 Å². The molecule has 0 saturated heterocycles. The summed E-state index contributed by atoms with van der Waals surface area (Å²) in [5, 5.41) is 7.76. The van der Waals surface area contributed by atoms with E-state index in [0.717, 1.165) is 28.1 Å². The first-order valence-electron chi connectivity index (χ1n) is 8.86. The number of nitrogens with one attached hydrogen (secondary N) is 1. The maximum absolute atomic E-state index is 13.0. The second kappa shape index (κ2) is 6.72. The number of benzene rings is 2. The lowest BCUT2D eigenvalue weighted by atomic mass is 10.1. The zero-order valence-electron chi connectivity index (χ0n) is 15.6. The average Bonchev–Trinajstić information content (AvgIpc) is 2.90. The molecule has 136 valence electrons. The van der Waals surface area contributed by atoms with Gasteiger partial charge in [-0.15, -0.1) is 5.10 Å². The van der Waals surface area contributed by atoms with E-state index in [1.807, 2.05) is 69.3 Å². The van der Waals surface area contributed by atoms with Crippen molar-refractivity contribution < 1.29 is 0 Å². The average molecular weight is 359 g/mol. The van der Waals surface area contributed by atoms with Gasteiger partial charge in [-0.25, -0.2) is 18.9 Å². The summed E-state index contributed by atoms with van der Waals surface area (Å²) in [5.41, 5.74) is 5.37. The minimum absolute atomic E-state index is 0.214. The molecule has 4 aromatic rings. The first kappa shape index (κ1) is 17.0. The summed E-state index contributed by atoms with van der Waals surface area (Å²) in [6.07, 6.45) is 0. The molecule has 0 aliphatic carbocycles. The number of aryl methyl sites for hydroxylation is 3. The number of aromatic nitrogens is 4. The standard InChI is InChI=1S/C21H21N5O/c1-14-6-4-8-17(10-14)13-25-21(27)26-19(24-25)12-16(3)22-20(26)23-18-9-5-7-15(2)11-18/h4-12H,13H2,1-3H3,(H,22,23). The predicted octanol–water partition coefficient (Wildman–Crippen LogP) is 3.61. The Labute approximate surface area is 157 Å². The van der Waals surface area contributed by atoms with Gasteiger partial charge in [0.05, 0.1) is 6.54 Å². The molecule has 0 spiro atoms. The van der Waals surface area contributed by atoms with Crippen LogP contribution in [0.2, 0.25) is 0 Å². The summed E-state index contributed by atoms with van der Waals surface area (Å²) in [4.78, 5) is 17.5. The Morgan fingerprint density at radius 2 is 1.70 bits per heavy atom. The van der Waals surface area contributed by atoms with Crippen LogP contribution in [0.15, 0.2) is 59.4 Å². The molecule has 4 rings (SSSR count). The number of nitrogens with zero attached hydrogens (tertiary/aromatic N) is 4. The lowest BCUT2D eigenvalue weighted by Gasteiger charge is -2.08. The van der Waals surface area contributed by atoms with Gasteiger partial charge in [-0.1, -0.05) is 42.0 Å². The van der Waals surface area contributed by atoms with Crippen molar-refractivity contribution >= 4 is 17.3 Å². The van der Waals surface area contributed by atoms with E-state index in [1.54, 1.807) is 0 Å². The van der Waals surface area contributed by atoms with Gasteiger partial charge in [-0.2, -0.15) is 0 Å². The van der Waals surface area contributed by atoms with Crippen molar-refractivity contribution in [2.45, 2.75) is 27.3 Å². The number of rotatable bonds is 4. The van der Waals surface area contributed by atoms with Crippen LogP contribution in [0.3, 0.4) is 0 Å². The largest absolute Gasteiger partial charge is 0.353 e. The molecular weight excluding hydrogens is 338 g/mol. The number of anilines is 2. The van der Waals surface area contributed by atoms with Gasteiger partial charge < -0.3 is 5.32 Å². The third-order valence-corrected chi connectivity index (χ3v) is 4.39. The van der Waals surface area contributed by atoms with Gasteiger partial charge in [0.2, 0.25) is 5.95 Å². The minimum Gasteiger partial charge on any atom is -0.325 e. The summed E-state index contributed by atoms with van der Waals surface area (Å²) < 4.78 is 3.00. The Bertz CT molecular complexity index is 1190. The minimum atomic E-state index is -0.214. The van der Waals surface area contributed by atoms with E-state index in [1.165, 1.54) is 9.08 Å². The molecule has 2 aromatic heterocycles. The molecule has 0 radical (unpaired) electrons. The number of fused-ring (bicyclic) bond motifs is 1. The van der Waals surface area contributed by atoms with Crippen molar-refractivity contribution in [1.29, 1.82) is 0 Å². The summed E-state index contributed by atoms with van der Waals surface area (Å²) in [5.74, 6) is 0.469. The highest BCUT2D eigenvalue weighted by Crippen LogP contribution is 2.17. The third kappa shape index (κ3) is 3.46. The molecule has 0 saturated carbocycles. The maximum atomic E-state index is 13.0. The van der Waals surface area contributed by atoms with Gasteiger partial charge in [0.15, 0.2) is 5.65 Å². The van der Waals surface area contributed by atoms with Crippen LogP contribution in [0.5, 0.6) is 0 Å². The fraction of sp³-hybridized carbons (Fsp3) is 0.190. The molecule has 27 heavy (non-hydrogen) atoms. The van der Waals surface area contributed by atoms with Crippen molar-refractivity contribution in [1.82, 2.24) is 19.2 Å². The molecule has 6 heteroatoms. The second-order valence-electron chi connectivity index (χ2n) is 6.84. The van der Waals surface area contributed by atoms with Gasteiger partial charge >= 0.3 is 5.69 Å². The van der Waals surface area contributed by atoms with Gasteiger partial charge in [-0.3, -0.25) is 0 Å². The highest BCUT2D eigenvalue weighted by Gasteiger charge is 2.13. The Hall–Kier alpha value is -3.41. The first-order valence-corrected chi connectivity index (χ1v) is 8.86. The Morgan fingerprint density at radius 1 is 0.963 bits per heavy atom. The molecule has 2 aromatic carbocycles. The zero-order chi connectivity index (χ0) is 19.0. The van der Waals surface area contributed by atoms with Crippen LogP contribution in [0.1, 0.15) is 22.4 Å². The van der Waals surface area contributed by atoms with Crippen molar-refractivity contribution in [2.24, 2.45) is 0 Å². The van der Waals surface area contributed by atoms with E-state index < -0.39 is 0 Å². The van der Waals surface area contributed by atoms with Crippen LogP contribution in [-0.2, 0) is 6.54 Å². The van der Waals surface area contributed by atoms with Crippen molar-refractivity contribution in [3.05, 3.63) is 87.5 Å². The monoisotopic (exact) mass is 359 g/mol. The van der Waals surface area contributed by atoms with E-state index in [0.29, 0.717) is 18.1 Å². The van der Waals surface area contributed by atoms with Gasteiger partial charge in [0.25, 0.3) is 0 Å². The third-order valence-electron chi connectivity index (χ3n) is 4.39. The van der Waals surface area contributed by atoms with E-state index in [9.17, 15) is 4.79 Å². The fourth-order valence-corrected chi connectivity index (χ4v) is 3.18. The molecule has 1 N–H and O–H groups in total. The lowest BCUT2D eigenvalue weighted by molar-refractivity contribution is 0.658. The topological polar surface area (TPSA) is 64.2 Å². The molecule has 0 atom stereocenters. The van der Waals surface area contributed by atoms with Crippen molar-refractivity contribution in [3.8, 4) is 0 Å². The molecule has 0 fully saturated rings. The van der Waals surface area contributed by atoms with Gasteiger partial charge in [0.1, 0.15) is 0 Å². The molecule has 0 amide bonds. The van der Waals surface area contributed by atoms with Crippen LogP contribution >= 0.6 is 0 Å². The molecule has 0 unspecified atom stereocenters. The van der Waals surface area contributed by atoms with Gasteiger partial charge in [0, 0.05) is 17.4 Å². The summed E-state index contributed by atoms with van der Waals surface area (Å²) in [6.45, 7) is 6.38. The zero-order valence-corrected chi connectivity index (χ0v) is 15.6. The molecule has 0 aliphatic heterocycles. The molecule has 0 aliphatic rings. The summed E-state index contributed by atoms with van der Waals surface area (Å²) in [6, 6.07) is 17.9. The van der Waals surface area contributed by atoms with E-state index >= 15 is 0 Å². The summed E-state index contributed by atoms with van der Waals surface area (Å²) in [7, 11) is 0. The fourth-order valence-electron chi connectivity index (χ4n) is 3.18. The Kier molecular flexibility index (Phi) is 4.24. The first-order chi connectivity index (χ1) is 13.0. The van der Waals surface area contributed by atoms with Crippen LogP contribution in [0.4, 0.5) is 11.6 Å². The van der Waals surface area contributed by atoms with E-state index in [4.69, 9.17) is 0 Å².